The van der Waals surface area contributed by atoms with E-state index in [9.17, 15) is 25.1 Å². The van der Waals surface area contributed by atoms with Crippen LogP contribution < -0.4 is 20.1 Å². The predicted octanol–water partition coefficient (Wildman–Crippen LogP) is 3.86. The molecule has 4 aliphatic heterocycles. The minimum Gasteiger partial charge on any atom is -0.507 e. The summed E-state index contributed by atoms with van der Waals surface area (Å²) >= 11 is 0. The summed E-state index contributed by atoms with van der Waals surface area (Å²) in [7, 11) is 2.00. The van der Waals surface area contributed by atoms with Gasteiger partial charge in [0.05, 0.1) is 18.2 Å². The second-order valence-electron chi connectivity index (χ2n) is 13.6. The van der Waals surface area contributed by atoms with Gasteiger partial charge >= 0.3 is 0 Å². The number of piperazine rings is 1. The van der Waals surface area contributed by atoms with Crippen LogP contribution in [0.5, 0.6) is 23.0 Å². The molecular weight excluding hydrogens is 849 g/mol. The van der Waals surface area contributed by atoms with Crippen LogP contribution >= 0.6 is 0 Å². The molecule has 11 nitrogen and oxygen atoms in total. The van der Waals surface area contributed by atoms with Gasteiger partial charge in [0, 0.05) is 91.0 Å². The first-order valence-electron chi connectivity index (χ1n) is 16.7. The minimum atomic E-state index is -0.850. The SMILES string of the molecule is Cc1cc2c(c(O)c1C)[C@@H]1C3Cc4c(O)c(C)c5c(c4[C@H](CNC(=O)[C@H](C)NC(=O)/C=C/c4ccccc4)N3[C@@H](C#N)[C@H](C2)N1C)OCO5.[Ac]. The molecule has 6 atom stereocenters. The Labute approximate surface area is 327 Å². The molecule has 3 aromatic carbocycles. The van der Waals surface area contributed by atoms with Gasteiger partial charge in [0.1, 0.15) is 23.6 Å². The first-order chi connectivity index (χ1) is 23.5. The van der Waals surface area contributed by atoms with Gasteiger partial charge in [0.15, 0.2) is 11.5 Å². The average Bonchev–Trinajstić information content (AvgIpc) is 3.58. The molecule has 3 aromatic rings. The predicted molar refractivity (Wildman–Crippen MR) is 182 cm³/mol. The van der Waals surface area contributed by atoms with Crippen LogP contribution in [0, 0.1) is 76.2 Å². The van der Waals surface area contributed by atoms with Crippen LogP contribution in [0.25, 0.3) is 6.08 Å². The third-order valence-corrected chi connectivity index (χ3v) is 10.9. The summed E-state index contributed by atoms with van der Waals surface area (Å²) in [6, 6.07) is 11.3. The number of nitrogens with zero attached hydrogens (tertiary/aromatic N) is 3. The molecule has 0 aliphatic carbocycles. The van der Waals surface area contributed by atoms with E-state index in [-0.39, 0.29) is 87.0 Å². The monoisotopic (exact) mass is 890 g/mol. The molecule has 0 spiro atoms. The fraction of sp³-hybridized carbons (Fsp3) is 0.395. The maximum atomic E-state index is 13.5. The third-order valence-electron chi connectivity index (χ3n) is 10.9. The van der Waals surface area contributed by atoms with Gasteiger partial charge in [-0.15, -0.1) is 0 Å². The first kappa shape index (κ1) is 36.2. The Morgan fingerprint density at radius 1 is 1.04 bits per heavy atom. The van der Waals surface area contributed by atoms with Gasteiger partial charge in [-0.05, 0) is 75.9 Å². The normalized spacial score (nSPS) is 23.9. The molecule has 7 rings (SSSR count). The van der Waals surface area contributed by atoms with Gasteiger partial charge in [0.25, 0.3) is 0 Å². The minimum absolute atomic E-state index is 0. The molecule has 2 bridgehead atoms. The summed E-state index contributed by atoms with van der Waals surface area (Å²) in [5, 5.41) is 39.8. The average molecular weight is 891 g/mol. The summed E-state index contributed by atoms with van der Waals surface area (Å²) in [6.07, 6.45) is 4.03. The standard InChI is InChI=1S/C38H41N5O6.Ac/c1-19-13-24-14-26-28(16-39)43-27(33(42(26)5)31(24)35(46)20(19)2)15-25-32(37-36(48-18-49-37)21(3)34(25)45)29(43)17-40-38(47)22(4)41-30(44)12-11-23-9-7-6-8-10-23;/h6-13,22,26-29,33,45-46H,14-15,17-18H2,1-5H3,(H,40,47)(H,41,44);/b12-11+;/t22-,26-,27?,28-,29-,33-;/m0./s1. The zero-order valence-corrected chi connectivity index (χ0v) is 33.6. The van der Waals surface area contributed by atoms with Gasteiger partial charge in [-0.2, -0.15) is 5.26 Å². The third kappa shape index (κ3) is 5.96. The number of phenols is 2. The van der Waals surface area contributed by atoms with Gasteiger partial charge in [-0.3, -0.25) is 19.4 Å². The van der Waals surface area contributed by atoms with Crippen LogP contribution in [-0.4, -0.2) is 76.4 Å². The molecule has 0 saturated carbocycles. The molecule has 50 heavy (non-hydrogen) atoms. The molecule has 4 heterocycles. The summed E-state index contributed by atoms with van der Waals surface area (Å²) in [5.74, 6) is 0.513. The largest absolute Gasteiger partial charge is 0.507 e. The van der Waals surface area contributed by atoms with Crippen LogP contribution in [0.2, 0.25) is 0 Å². The van der Waals surface area contributed by atoms with Crippen molar-refractivity contribution in [2.75, 3.05) is 20.4 Å². The number of aromatic hydroxyl groups is 2. The van der Waals surface area contributed by atoms with Crippen LogP contribution in [0.15, 0.2) is 42.5 Å². The van der Waals surface area contributed by atoms with Crippen molar-refractivity contribution in [1.82, 2.24) is 20.4 Å². The number of benzene rings is 3. The van der Waals surface area contributed by atoms with Gasteiger partial charge < -0.3 is 30.3 Å². The van der Waals surface area contributed by atoms with Crippen molar-refractivity contribution in [3.8, 4) is 29.1 Å². The molecule has 1 fully saturated rings. The number of phenolic OH excluding ortho intramolecular Hbond substituents is 2. The maximum absolute atomic E-state index is 13.5. The van der Waals surface area contributed by atoms with Crippen LogP contribution in [0.3, 0.4) is 0 Å². The summed E-state index contributed by atoms with van der Waals surface area (Å²) < 4.78 is 11.8. The van der Waals surface area contributed by atoms with Crippen molar-refractivity contribution < 1.29 is 73.3 Å². The molecule has 1 unspecified atom stereocenters. The molecule has 4 N–H and O–H groups in total. The van der Waals surface area contributed by atoms with E-state index in [0.29, 0.717) is 41.0 Å². The van der Waals surface area contributed by atoms with Crippen molar-refractivity contribution in [3.05, 3.63) is 87.0 Å². The summed E-state index contributed by atoms with van der Waals surface area (Å²) in [6.45, 7) is 7.37. The molecule has 4 aliphatic rings. The fourth-order valence-electron chi connectivity index (χ4n) is 8.32. The molecule has 1 radical (unpaired) electrons. The number of aryl methyl sites for hydroxylation is 1. The number of likely N-dealkylation sites (N-methyl/N-ethyl adjacent to an activating group) is 1. The Morgan fingerprint density at radius 2 is 1.76 bits per heavy atom. The van der Waals surface area contributed by atoms with E-state index >= 15 is 0 Å². The van der Waals surface area contributed by atoms with E-state index in [0.717, 1.165) is 27.8 Å². The van der Waals surface area contributed by atoms with Crippen molar-refractivity contribution in [3.63, 3.8) is 0 Å². The van der Waals surface area contributed by atoms with Crippen molar-refractivity contribution in [2.45, 2.75) is 76.8 Å². The number of carbonyl (C=O) groups excluding carboxylic acids is 2. The number of fused-ring (bicyclic) bond motifs is 9. The summed E-state index contributed by atoms with van der Waals surface area (Å²) in [5.41, 5.74) is 6.48. The fourth-order valence-corrected chi connectivity index (χ4v) is 8.32. The molecule has 1 saturated heterocycles. The Kier molecular flexibility index (Phi) is 10.3. The van der Waals surface area contributed by atoms with Gasteiger partial charge in [-0.1, -0.05) is 36.4 Å². The molecule has 0 aromatic heterocycles. The zero-order valence-electron chi connectivity index (χ0n) is 28.9. The van der Waals surface area contributed by atoms with Crippen LogP contribution in [-0.2, 0) is 22.4 Å². The smallest absolute Gasteiger partial charge is 0.244 e. The van der Waals surface area contributed by atoms with Gasteiger partial charge in [-0.25, -0.2) is 0 Å². The van der Waals surface area contributed by atoms with E-state index in [1.165, 1.54) is 6.08 Å². The number of nitriles is 1. The zero-order chi connectivity index (χ0) is 34.7. The summed E-state index contributed by atoms with van der Waals surface area (Å²) in [4.78, 5) is 30.5. The van der Waals surface area contributed by atoms with E-state index in [1.807, 2.05) is 51.2 Å². The van der Waals surface area contributed by atoms with Crippen molar-refractivity contribution in [1.29, 1.82) is 5.26 Å². The van der Waals surface area contributed by atoms with Gasteiger partial charge in [0.2, 0.25) is 18.6 Å². The molecule has 2 amide bonds. The number of hydrogen-bond acceptors (Lipinski definition) is 9. The number of amides is 2. The molecule has 12 heteroatoms. The molecular formula is C38H41AcN5O6. The number of rotatable bonds is 6. The number of ether oxygens (including phenoxy) is 2. The second kappa shape index (κ2) is 14.2. The van der Waals surface area contributed by atoms with Crippen molar-refractivity contribution >= 4 is 17.9 Å². The Bertz CT molecular complexity index is 1930. The second-order valence-corrected chi connectivity index (χ2v) is 13.6. The van der Waals surface area contributed by atoms with E-state index in [4.69, 9.17) is 9.47 Å². The first-order valence-corrected chi connectivity index (χ1v) is 16.7. The topological polar surface area (TPSA) is 147 Å². The van der Waals surface area contributed by atoms with E-state index in [1.54, 1.807) is 19.9 Å². The van der Waals surface area contributed by atoms with Crippen molar-refractivity contribution in [2.24, 2.45) is 0 Å². The van der Waals surface area contributed by atoms with E-state index < -0.39 is 29.9 Å². The van der Waals surface area contributed by atoms with Crippen LogP contribution in [0.1, 0.15) is 63.5 Å². The number of carbonyl (C=O) groups is 2. The Morgan fingerprint density at radius 3 is 2.48 bits per heavy atom. The Hall–Kier alpha value is -3.61. The van der Waals surface area contributed by atoms with Crippen LogP contribution in [0.4, 0.5) is 0 Å². The Balaban J connectivity index is 0.00000432. The number of hydrogen-bond donors (Lipinski definition) is 4. The molecule has 257 valence electrons. The van der Waals surface area contributed by atoms with E-state index in [2.05, 4.69) is 32.6 Å². The maximum Gasteiger partial charge on any atom is 0.244 e. The quantitative estimate of drug-likeness (QED) is 0.271. The number of nitrogens with one attached hydrogen (secondary N) is 2.